The zero-order valence-corrected chi connectivity index (χ0v) is 45.4. The standard InChI is InChI=1S/C75H63N3/c1-73(2)64-31-15-13-29-58(64)60-38-35-55(45-67(60)73)76(52-27-19-25-50(41-52)48-21-9-7-10-22-48)54-37-40-70-62(43-54)63-44-57(47-69-72(63)78(70)71-34-18-17-33-66(71)75(69,5)6)77(53-28-20-26-51(42-53)49-23-11-8-12-24-49)56-36-39-61-59-30-14-16-32-65(59)74(3,4)68(61)46-56/h7-41,43-44,46-47,53,67H,42,45H2,1-6H3. The van der Waals surface area contributed by atoms with Crippen LogP contribution < -0.4 is 9.80 Å². The molecule has 3 heteroatoms. The van der Waals surface area contributed by atoms with Gasteiger partial charge in [0.1, 0.15) is 0 Å². The van der Waals surface area contributed by atoms with Crippen LogP contribution in [0.1, 0.15) is 93.3 Å². The Bertz CT molecular complexity index is 4250. The number of allylic oxidation sites excluding steroid dienone is 6. The van der Waals surface area contributed by atoms with Gasteiger partial charge in [0.15, 0.2) is 0 Å². The monoisotopic (exact) mass is 1010 g/mol. The minimum absolute atomic E-state index is 0.0191. The van der Waals surface area contributed by atoms with E-state index >= 15 is 0 Å². The lowest BCUT2D eigenvalue weighted by atomic mass is 9.74. The minimum atomic E-state index is -0.296. The molecule has 1 aromatic heterocycles. The number of rotatable bonds is 8. The average Bonchev–Trinajstić information content (AvgIpc) is 4.18. The van der Waals surface area contributed by atoms with Gasteiger partial charge in [-0.25, -0.2) is 0 Å². The molecule has 15 rings (SSSR count). The summed E-state index contributed by atoms with van der Waals surface area (Å²) >= 11 is 0. The van der Waals surface area contributed by atoms with E-state index < -0.39 is 0 Å². The van der Waals surface area contributed by atoms with Crippen molar-refractivity contribution < 1.29 is 0 Å². The van der Waals surface area contributed by atoms with Crippen LogP contribution in [0.5, 0.6) is 0 Å². The summed E-state index contributed by atoms with van der Waals surface area (Å²) in [4.78, 5) is 5.25. The van der Waals surface area contributed by atoms with Crippen molar-refractivity contribution in [3.8, 4) is 27.9 Å². The first-order chi connectivity index (χ1) is 37.9. The number of benzene rings is 9. The molecule has 0 radical (unpaired) electrons. The largest absolute Gasteiger partial charge is 0.334 e. The molecule has 2 atom stereocenters. The summed E-state index contributed by atoms with van der Waals surface area (Å²) in [5.74, 6) is 0.342. The van der Waals surface area contributed by atoms with E-state index in [9.17, 15) is 0 Å². The first kappa shape index (κ1) is 46.6. The second-order valence-electron chi connectivity index (χ2n) is 24.1. The van der Waals surface area contributed by atoms with E-state index in [1.165, 1.54) is 117 Å². The molecule has 9 aromatic carbocycles. The van der Waals surface area contributed by atoms with Gasteiger partial charge in [-0.15, -0.1) is 0 Å². The quantitative estimate of drug-likeness (QED) is 0.150. The highest BCUT2D eigenvalue weighted by Crippen LogP contribution is 2.57. The third-order valence-electron chi connectivity index (χ3n) is 18.8. The second kappa shape index (κ2) is 17.2. The summed E-state index contributed by atoms with van der Waals surface area (Å²) in [5, 5.41) is 2.52. The Hall–Kier alpha value is -8.66. The van der Waals surface area contributed by atoms with Gasteiger partial charge in [0.2, 0.25) is 0 Å². The van der Waals surface area contributed by atoms with Crippen LogP contribution in [-0.2, 0) is 16.2 Å². The van der Waals surface area contributed by atoms with E-state index in [2.05, 4.69) is 293 Å². The smallest absolute Gasteiger partial charge is 0.0583 e. The molecule has 4 aliphatic carbocycles. The van der Waals surface area contributed by atoms with E-state index in [4.69, 9.17) is 0 Å². The van der Waals surface area contributed by atoms with E-state index in [1.54, 1.807) is 0 Å². The fraction of sp³-hybridized carbons (Fsp3) is 0.173. The third kappa shape index (κ3) is 6.89. The predicted molar refractivity (Wildman–Crippen MR) is 329 cm³/mol. The lowest BCUT2D eigenvalue weighted by Crippen LogP contribution is -2.32. The van der Waals surface area contributed by atoms with Crippen LogP contribution in [0.2, 0.25) is 0 Å². The van der Waals surface area contributed by atoms with Crippen molar-refractivity contribution in [2.45, 2.75) is 76.7 Å². The molecule has 0 spiro atoms. The Morgan fingerprint density at radius 3 is 1.87 bits per heavy atom. The van der Waals surface area contributed by atoms with Crippen LogP contribution >= 0.6 is 0 Å². The van der Waals surface area contributed by atoms with Crippen molar-refractivity contribution in [2.24, 2.45) is 5.92 Å². The number of fused-ring (bicyclic) bond motifs is 11. The fourth-order valence-electron chi connectivity index (χ4n) is 14.7. The van der Waals surface area contributed by atoms with E-state index in [0.29, 0.717) is 5.92 Å². The topological polar surface area (TPSA) is 11.4 Å². The Labute approximate surface area is 459 Å². The molecule has 2 unspecified atom stereocenters. The minimum Gasteiger partial charge on any atom is -0.334 e. The highest BCUT2D eigenvalue weighted by Gasteiger charge is 2.45. The van der Waals surface area contributed by atoms with Gasteiger partial charge in [-0.2, -0.15) is 0 Å². The van der Waals surface area contributed by atoms with Crippen molar-refractivity contribution in [3.63, 3.8) is 0 Å². The highest BCUT2D eigenvalue weighted by molar-refractivity contribution is 6.14. The molecule has 0 bridgehead atoms. The fourth-order valence-corrected chi connectivity index (χ4v) is 14.7. The molecule has 78 heavy (non-hydrogen) atoms. The van der Waals surface area contributed by atoms with E-state index in [0.717, 1.165) is 24.2 Å². The van der Waals surface area contributed by atoms with Gasteiger partial charge in [-0.1, -0.05) is 211 Å². The number of aromatic nitrogens is 1. The molecule has 0 saturated carbocycles. The summed E-state index contributed by atoms with van der Waals surface area (Å²) in [6, 6.07) is 78.0. The summed E-state index contributed by atoms with van der Waals surface area (Å²) in [6.07, 6.45) is 13.7. The first-order valence-corrected chi connectivity index (χ1v) is 28.1. The Morgan fingerprint density at radius 1 is 0.436 bits per heavy atom. The van der Waals surface area contributed by atoms with Gasteiger partial charge < -0.3 is 14.4 Å². The van der Waals surface area contributed by atoms with Gasteiger partial charge in [0.25, 0.3) is 0 Å². The molecule has 10 aromatic rings. The zero-order chi connectivity index (χ0) is 52.7. The van der Waals surface area contributed by atoms with Gasteiger partial charge in [0, 0.05) is 50.0 Å². The normalized spacial score (nSPS) is 18.5. The lowest BCUT2D eigenvalue weighted by molar-refractivity contribution is 0.406. The summed E-state index contributed by atoms with van der Waals surface area (Å²) in [7, 11) is 0. The summed E-state index contributed by atoms with van der Waals surface area (Å²) in [5.41, 5.74) is 26.8. The SMILES string of the molecule is CC1(C)c2ccccc2-c2ccc(N(c3cc4c5c(c3)c3cc(N(C6=CC=C7c8ccccc8C(C)(C)C7C6)c6cccc(-c7ccccc7)c6)ccc3n5-c3ccccc3C4(C)C)C3C=CC=C(c4ccccc4)C3)cc21. The number of hydrogen-bond donors (Lipinski definition) is 0. The van der Waals surface area contributed by atoms with E-state index in [1.807, 2.05) is 0 Å². The van der Waals surface area contributed by atoms with Crippen molar-refractivity contribution in [2.75, 3.05) is 9.80 Å². The molecule has 5 aliphatic rings. The molecular formula is C75H63N3. The van der Waals surface area contributed by atoms with Crippen LogP contribution in [0.25, 0.3) is 60.9 Å². The number of nitrogens with zero attached hydrogens (tertiary/aromatic N) is 3. The van der Waals surface area contributed by atoms with Crippen molar-refractivity contribution >= 4 is 55.7 Å². The second-order valence-corrected chi connectivity index (χ2v) is 24.1. The van der Waals surface area contributed by atoms with E-state index in [-0.39, 0.29) is 22.3 Å². The number of para-hydroxylation sites is 1. The van der Waals surface area contributed by atoms with Crippen LogP contribution in [0.15, 0.2) is 242 Å². The molecule has 3 nitrogen and oxygen atoms in total. The Balaban J connectivity index is 0.963. The van der Waals surface area contributed by atoms with Gasteiger partial charge in [-0.3, -0.25) is 0 Å². The Kier molecular flexibility index (Phi) is 10.3. The maximum Gasteiger partial charge on any atom is 0.0583 e. The maximum atomic E-state index is 2.67. The molecule has 0 amide bonds. The van der Waals surface area contributed by atoms with Crippen molar-refractivity contribution in [1.82, 2.24) is 4.57 Å². The molecule has 378 valence electrons. The molecule has 2 heterocycles. The predicted octanol–water partition coefficient (Wildman–Crippen LogP) is 19.4. The van der Waals surface area contributed by atoms with Crippen LogP contribution in [0.3, 0.4) is 0 Å². The molecule has 0 fully saturated rings. The molecule has 0 saturated heterocycles. The van der Waals surface area contributed by atoms with Gasteiger partial charge >= 0.3 is 0 Å². The highest BCUT2D eigenvalue weighted by atomic mass is 15.2. The van der Waals surface area contributed by atoms with Crippen molar-refractivity contribution in [1.29, 1.82) is 0 Å². The molecule has 0 N–H and O–H groups in total. The van der Waals surface area contributed by atoms with Gasteiger partial charge in [0.05, 0.1) is 22.8 Å². The van der Waals surface area contributed by atoms with Crippen LogP contribution in [0, 0.1) is 5.92 Å². The van der Waals surface area contributed by atoms with Crippen LogP contribution in [-0.4, -0.2) is 10.6 Å². The number of hydrogen-bond acceptors (Lipinski definition) is 2. The van der Waals surface area contributed by atoms with Crippen molar-refractivity contribution in [3.05, 3.63) is 281 Å². The summed E-state index contributed by atoms with van der Waals surface area (Å²) in [6.45, 7) is 14.6. The summed E-state index contributed by atoms with van der Waals surface area (Å²) < 4.78 is 2.58. The Morgan fingerprint density at radius 2 is 1.06 bits per heavy atom. The molecule has 1 aliphatic heterocycles. The van der Waals surface area contributed by atoms with Gasteiger partial charge in [-0.05, 0) is 163 Å². The molecular weight excluding hydrogens is 943 g/mol. The average molecular weight is 1010 g/mol. The first-order valence-electron chi connectivity index (χ1n) is 28.1. The third-order valence-corrected chi connectivity index (χ3v) is 18.8. The maximum absolute atomic E-state index is 2.67. The number of anilines is 4. The lowest BCUT2D eigenvalue weighted by Gasteiger charge is -2.38. The zero-order valence-electron chi connectivity index (χ0n) is 45.4. The van der Waals surface area contributed by atoms with Crippen LogP contribution in [0.4, 0.5) is 22.7 Å².